The molecule has 0 bridgehead atoms. The Labute approximate surface area is 130 Å². The molecule has 0 saturated heterocycles. The van der Waals surface area contributed by atoms with Gasteiger partial charge in [-0.2, -0.15) is 0 Å². The van der Waals surface area contributed by atoms with E-state index in [4.69, 9.17) is 0 Å². The van der Waals surface area contributed by atoms with Crippen LogP contribution in [0.1, 0.15) is 23.5 Å². The second-order valence-corrected chi connectivity index (χ2v) is 4.97. The van der Waals surface area contributed by atoms with Crippen LogP contribution in [0.5, 0.6) is 0 Å². The first kappa shape index (κ1) is 15.7. The standard InChI is InChI=1S/C19H18O3/c1-14(19(21)22-2)18(20)13-17(15-9-5-3-6-10-15)16-11-7-4-8-12-16/h3-12,17H,1,13H2,2H3. The van der Waals surface area contributed by atoms with Crippen molar-refractivity contribution in [2.75, 3.05) is 7.11 Å². The number of carbonyl (C=O) groups excluding carboxylic acids is 2. The Morgan fingerprint density at radius 3 is 1.82 bits per heavy atom. The summed E-state index contributed by atoms with van der Waals surface area (Å²) in [6, 6.07) is 19.5. The van der Waals surface area contributed by atoms with Gasteiger partial charge in [-0.15, -0.1) is 0 Å². The maximum atomic E-state index is 12.3. The monoisotopic (exact) mass is 294 g/mol. The van der Waals surface area contributed by atoms with Crippen LogP contribution in [-0.4, -0.2) is 18.9 Å². The molecule has 3 nitrogen and oxygen atoms in total. The Hall–Kier alpha value is -2.68. The fourth-order valence-corrected chi connectivity index (χ4v) is 2.34. The number of hydrogen-bond acceptors (Lipinski definition) is 3. The smallest absolute Gasteiger partial charge is 0.340 e. The molecular weight excluding hydrogens is 276 g/mol. The molecule has 0 aliphatic rings. The van der Waals surface area contributed by atoms with Crippen LogP contribution in [0.2, 0.25) is 0 Å². The average Bonchev–Trinajstić information content (AvgIpc) is 2.59. The first-order valence-electron chi connectivity index (χ1n) is 7.03. The predicted octanol–water partition coefficient (Wildman–Crippen LogP) is 3.51. The molecule has 2 aromatic rings. The van der Waals surface area contributed by atoms with Crippen molar-refractivity contribution < 1.29 is 14.3 Å². The molecule has 3 heteroatoms. The lowest BCUT2D eigenvalue weighted by atomic mass is 9.86. The predicted molar refractivity (Wildman–Crippen MR) is 85.5 cm³/mol. The summed E-state index contributed by atoms with van der Waals surface area (Å²) in [5, 5.41) is 0. The van der Waals surface area contributed by atoms with E-state index < -0.39 is 5.97 Å². The number of hydrogen-bond donors (Lipinski definition) is 0. The quantitative estimate of drug-likeness (QED) is 0.354. The van der Waals surface area contributed by atoms with Gasteiger partial charge in [0.15, 0.2) is 5.78 Å². The van der Waals surface area contributed by atoms with E-state index in [-0.39, 0.29) is 23.7 Å². The van der Waals surface area contributed by atoms with Crippen molar-refractivity contribution in [2.24, 2.45) is 0 Å². The van der Waals surface area contributed by atoms with Gasteiger partial charge in [0.25, 0.3) is 0 Å². The molecule has 0 N–H and O–H groups in total. The van der Waals surface area contributed by atoms with Crippen LogP contribution in [0, 0.1) is 0 Å². The molecule has 0 aliphatic carbocycles. The van der Waals surface area contributed by atoms with E-state index in [0.29, 0.717) is 0 Å². The third-order valence-corrected chi connectivity index (χ3v) is 3.56. The number of Topliss-reactive ketones (excluding diaryl/α,β-unsaturated/α-hetero) is 1. The number of ether oxygens (including phenoxy) is 1. The summed E-state index contributed by atoms with van der Waals surface area (Å²) in [6.45, 7) is 3.54. The number of esters is 1. The van der Waals surface area contributed by atoms with Gasteiger partial charge < -0.3 is 4.74 Å². The van der Waals surface area contributed by atoms with Crippen LogP contribution in [-0.2, 0) is 14.3 Å². The third kappa shape index (κ3) is 3.70. The maximum Gasteiger partial charge on any atom is 0.340 e. The largest absolute Gasteiger partial charge is 0.465 e. The van der Waals surface area contributed by atoms with Gasteiger partial charge in [-0.1, -0.05) is 67.2 Å². The molecule has 0 fully saturated rings. The van der Waals surface area contributed by atoms with E-state index in [9.17, 15) is 9.59 Å². The fourth-order valence-electron chi connectivity index (χ4n) is 2.34. The zero-order valence-corrected chi connectivity index (χ0v) is 12.5. The lowest BCUT2D eigenvalue weighted by Crippen LogP contribution is -2.16. The summed E-state index contributed by atoms with van der Waals surface area (Å²) in [7, 11) is 1.24. The molecule has 0 amide bonds. The number of rotatable bonds is 6. The minimum absolute atomic E-state index is 0.112. The van der Waals surface area contributed by atoms with E-state index in [2.05, 4.69) is 11.3 Å². The average molecular weight is 294 g/mol. The first-order chi connectivity index (χ1) is 10.6. The topological polar surface area (TPSA) is 43.4 Å². The van der Waals surface area contributed by atoms with Crippen molar-refractivity contribution in [1.82, 2.24) is 0 Å². The van der Waals surface area contributed by atoms with Gasteiger partial charge in [-0.25, -0.2) is 4.79 Å². The van der Waals surface area contributed by atoms with E-state index in [1.165, 1.54) is 7.11 Å². The third-order valence-electron chi connectivity index (χ3n) is 3.56. The van der Waals surface area contributed by atoms with Crippen LogP contribution < -0.4 is 0 Å². The first-order valence-corrected chi connectivity index (χ1v) is 7.03. The summed E-state index contributed by atoms with van der Waals surface area (Å²) >= 11 is 0. The summed E-state index contributed by atoms with van der Waals surface area (Å²) in [5.74, 6) is -1.09. The van der Waals surface area contributed by atoms with Gasteiger partial charge in [-0.05, 0) is 11.1 Å². The molecule has 112 valence electrons. The molecule has 0 atom stereocenters. The van der Waals surface area contributed by atoms with Crippen molar-refractivity contribution in [3.8, 4) is 0 Å². The van der Waals surface area contributed by atoms with E-state index >= 15 is 0 Å². The van der Waals surface area contributed by atoms with E-state index in [0.717, 1.165) is 11.1 Å². The Kier molecular flexibility index (Phi) is 5.26. The summed E-state index contributed by atoms with van der Waals surface area (Å²) in [6.07, 6.45) is 0.182. The molecule has 0 unspecified atom stereocenters. The normalized spacial score (nSPS) is 10.3. The van der Waals surface area contributed by atoms with Gasteiger partial charge in [0.05, 0.1) is 12.7 Å². The summed E-state index contributed by atoms with van der Waals surface area (Å²) in [5.41, 5.74) is 1.94. The summed E-state index contributed by atoms with van der Waals surface area (Å²) in [4.78, 5) is 23.8. The Morgan fingerprint density at radius 2 is 1.41 bits per heavy atom. The second kappa shape index (κ2) is 7.36. The fraction of sp³-hybridized carbons (Fsp3) is 0.158. The van der Waals surface area contributed by atoms with Crippen molar-refractivity contribution in [1.29, 1.82) is 0 Å². The van der Waals surface area contributed by atoms with Crippen LogP contribution in [0.4, 0.5) is 0 Å². The van der Waals surface area contributed by atoms with Crippen LogP contribution in [0.15, 0.2) is 72.8 Å². The number of ketones is 1. The highest BCUT2D eigenvalue weighted by Crippen LogP contribution is 2.29. The van der Waals surface area contributed by atoms with Crippen LogP contribution in [0.25, 0.3) is 0 Å². The van der Waals surface area contributed by atoms with Gasteiger partial charge in [0, 0.05) is 12.3 Å². The molecular formula is C19H18O3. The minimum Gasteiger partial charge on any atom is -0.465 e. The summed E-state index contributed by atoms with van der Waals surface area (Å²) < 4.78 is 4.57. The highest BCUT2D eigenvalue weighted by molar-refractivity contribution is 6.16. The van der Waals surface area contributed by atoms with Crippen molar-refractivity contribution in [3.05, 3.63) is 83.9 Å². The van der Waals surface area contributed by atoms with Crippen molar-refractivity contribution in [3.63, 3.8) is 0 Å². The SMILES string of the molecule is C=C(C(=O)CC(c1ccccc1)c1ccccc1)C(=O)OC. The van der Waals surface area contributed by atoms with Gasteiger partial charge in [-0.3, -0.25) is 4.79 Å². The van der Waals surface area contributed by atoms with Gasteiger partial charge >= 0.3 is 5.97 Å². The molecule has 0 heterocycles. The van der Waals surface area contributed by atoms with Crippen LogP contribution in [0.3, 0.4) is 0 Å². The molecule has 2 rings (SSSR count). The van der Waals surface area contributed by atoms with Gasteiger partial charge in [0.2, 0.25) is 0 Å². The highest BCUT2D eigenvalue weighted by Gasteiger charge is 2.23. The number of benzene rings is 2. The molecule has 0 aliphatic heterocycles. The second-order valence-electron chi connectivity index (χ2n) is 4.97. The molecule has 0 aromatic heterocycles. The molecule has 0 saturated carbocycles. The Morgan fingerprint density at radius 1 is 0.955 bits per heavy atom. The van der Waals surface area contributed by atoms with Crippen LogP contribution >= 0.6 is 0 Å². The molecule has 2 aromatic carbocycles. The Bertz CT molecular complexity index is 620. The van der Waals surface area contributed by atoms with Gasteiger partial charge in [0.1, 0.15) is 0 Å². The maximum absolute atomic E-state index is 12.3. The van der Waals surface area contributed by atoms with E-state index in [1.54, 1.807) is 0 Å². The highest BCUT2D eigenvalue weighted by atomic mass is 16.5. The minimum atomic E-state index is -0.676. The molecule has 0 spiro atoms. The Balaban J connectivity index is 2.29. The lowest BCUT2D eigenvalue weighted by molar-refractivity contribution is -0.137. The molecule has 22 heavy (non-hydrogen) atoms. The number of methoxy groups -OCH3 is 1. The zero-order valence-electron chi connectivity index (χ0n) is 12.5. The molecule has 0 radical (unpaired) electrons. The number of carbonyl (C=O) groups is 2. The zero-order chi connectivity index (χ0) is 15.9. The van der Waals surface area contributed by atoms with Crippen molar-refractivity contribution in [2.45, 2.75) is 12.3 Å². The van der Waals surface area contributed by atoms with E-state index in [1.807, 2.05) is 60.7 Å². The lowest BCUT2D eigenvalue weighted by Gasteiger charge is -2.17. The van der Waals surface area contributed by atoms with Crippen molar-refractivity contribution >= 4 is 11.8 Å².